The number of hydrogen-bond donors (Lipinski definition) is 7. The number of aliphatic hydroxyl groups is 6. The fourth-order valence-electron chi connectivity index (χ4n) is 5.68. The summed E-state index contributed by atoms with van der Waals surface area (Å²) in [5.74, 6) is -0.552. The molecule has 2 fully saturated rings. The first-order valence-electron chi connectivity index (χ1n) is 16.7. The molecule has 0 bridgehead atoms. The maximum Gasteiger partial charge on any atom is 0.397 e. The predicted molar refractivity (Wildman–Crippen MR) is 162 cm³/mol. The Balaban J connectivity index is 1.71. The predicted octanol–water partition coefficient (Wildman–Crippen LogP) is 1.24. The molecule has 0 aromatic heterocycles. The van der Waals surface area contributed by atoms with Crippen molar-refractivity contribution < 1.29 is 71.5 Å². The van der Waals surface area contributed by atoms with Crippen molar-refractivity contribution in [2.24, 2.45) is 0 Å². The Kier molecular flexibility index (Phi) is 19.5. The highest BCUT2D eigenvalue weighted by molar-refractivity contribution is 7.80. The third kappa shape index (κ3) is 14.6. The van der Waals surface area contributed by atoms with Gasteiger partial charge in [-0.3, -0.25) is 9.35 Å². The molecule has 0 amide bonds. The molecule has 15 nitrogen and oxygen atoms in total. The SMILES string of the molecule is CCCCCCCCCCCCCCCCCC(=O)OC[C@H]1O[C@@H](O[C@H]2[C@H](OS(=O)(=O)O)[C@@H](O)[C@@H](O)O[C@@H]2CO)[C@H](O)[C@@H](O)[C@H]1O. The minimum atomic E-state index is -5.21. The van der Waals surface area contributed by atoms with Crippen molar-refractivity contribution in [3.05, 3.63) is 0 Å². The van der Waals surface area contributed by atoms with E-state index in [1.54, 1.807) is 0 Å². The molecular weight excluding hydrogens is 632 g/mol. The van der Waals surface area contributed by atoms with Crippen LogP contribution in [0, 0.1) is 0 Å². The van der Waals surface area contributed by atoms with Gasteiger partial charge in [0.25, 0.3) is 0 Å². The number of carbonyl (C=O) groups excluding carboxylic acids is 1. The van der Waals surface area contributed by atoms with E-state index in [1.165, 1.54) is 70.6 Å². The summed E-state index contributed by atoms with van der Waals surface area (Å²) in [5.41, 5.74) is 0. The van der Waals surface area contributed by atoms with Crippen molar-refractivity contribution in [3.63, 3.8) is 0 Å². The summed E-state index contributed by atoms with van der Waals surface area (Å²) in [4.78, 5) is 12.3. The van der Waals surface area contributed by atoms with Crippen molar-refractivity contribution >= 4 is 16.4 Å². The lowest BCUT2D eigenvalue weighted by atomic mass is 9.97. The standard InChI is InChI=1S/C30H56O15S/c1-2-3-4-5-6-7-8-9-10-11-12-13-14-15-16-17-22(32)41-19-21-23(33)24(34)25(35)30(43-21)44-27-20(18-31)42-29(37)26(36)28(27)45-46(38,39)40/h20-21,23-31,33-37H,2-19H2,1H3,(H,38,39,40)/t20-,21-,23+,24+,25-,26-,27-,28-,29+,30+/m1/s1. The summed E-state index contributed by atoms with van der Waals surface area (Å²) in [6, 6.07) is 0. The smallest absolute Gasteiger partial charge is 0.397 e. The summed E-state index contributed by atoms with van der Waals surface area (Å²) in [6.07, 6.45) is -0.268. The van der Waals surface area contributed by atoms with Crippen molar-refractivity contribution in [1.29, 1.82) is 0 Å². The molecule has 0 radical (unpaired) electrons. The Morgan fingerprint density at radius 3 is 1.70 bits per heavy atom. The lowest BCUT2D eigenvalue weighted by Crippen LogP contribution is -2.65. The molecule has 2 aliphatic rings. The molecule has 2 heterocycles. The lowest BCUT2D eigenvalue weighted by Gasteiger charge is -2.45. The molecule has 0 aromatic carbocycles. The maximum atomic E-state index is 12.3. The second-order valence-electron chi connectivity index (χ2n) is 12.2. The molecule has 0 saturated carbocycles. The van der Waals surface area contributed by atoms with Gasteiger partial charge in [-0.25, -0.2) is 4.18 Å². The molecule has 46 heavy (non-hydrogen) atoms. The normalized spacial score (nSPS) is 32.0. The Morgan fingerprint density at radius 2 is 1.20 bits per heavy atom. The highest BCUT2D eigenvalue weighted by atomic mass is 32.3. The number of aliphatic hydroxyl groups excluding tert-OH is 6. The number of hydrogen-bond acceptors (Lipinski definition) is 14. The summed E-state index contributed by atoms with van der Waals surface area (Å²) >= 11 is 0. The Labute approximate surface area is 272 Å². The quantitative estimate of drug-likeness (QED) is 0.0454. The summed E-state index contributed by atoms with van der Waals surface area (Å²) < 4.78 is 57.4. The molecule has 2 rings (SSSR count). The molecule has 0 aliphatic carbocycles. The minimum absolute atomic E-state index is 0.138. The molecule has 16 heteroatoms. The van der Waals surface area contributed by atoms with Crippen LogP contribution in [0.3, 0.4) is 0 Å². The number of rotatable bonds is 23. The Morgan fingerprint density at radius 1 is 0.674 bits per heavy atom. The van der Waals surface area contributed by atoms with Gasteiger partial charge in [0.1, 0.15) is 55.4 Å². The first kappa shape index (κ1) is 41.2. The van der Waals surface area contributed by atoms with Gasteiger partial charge in [0.15, 0.2) is 12.6 Å². The fourth-order valence-corrected chi connectivity index (χ4v) is 6.18. The van der Waals surface area contributed by atoms with Gasteiger partial charge in [0.05, 0.1) is 6.61 Å². The van der Waals surface area contributed by atoms with Gasteiger partial charge in [-0.15, -0.1) is 0 Å². The van der Waals surface area contributed by atoms with Crippen LogP contribution in [-0.2, 0) is 38.3 Å². The average Bonchev–Trinajstić information content (AvgIpc) is 3.01. The van der Waals surface area contributed by atoms with Gasteiger partial charge in [0, 0.05) is 6.42 Å². The van der Waals surface area contributed by atoms with Crippen LogP contribution in [-0.4, -0.2) is 124 Å². The third-order valence-corrected chi connectivity index (χ3v) is 8.86. The third-order valence-electron chi connectivity index (χ3n) is 8.40. The molecular formula is C30H56O15S. The molecule has 2 saturated heterocycles. The van der Waals surface area contributed by atoms with Crippen LogP contribution in [0.15, 0.2) is 0 Å². The van der Waals surface area contributed by atoms with E-state index in [-0.39, 0.29) is 6.42 Å². The zero-order valence-electron chi connectivity index (χ0n) is 26.8. The molecule has 7 N–H and O–H groups in total. The van der Waals surface area contributed by atoms with Gasteiger partial charge in [-0.05, 0) is 6.42 Å². The van der Waals surface area contributed by atoms with E-state index in [2.05, 4.69) is 11.1 Å². The van der Waals surface area contributed by atoms with Crippen molar-refractivity contribution in [3.8, 4) is 0 Å². The van der Waals surface area contributed by atoms with E-state index in [0.29, 0.717) is 6.42 Å². The van der Waals surface area contributed by atoms with E-state index in [4.69, 9.17) is 23.5 Å². The van der Waals surface area contributed by atoms with E-state index >= 15 is 0 Å². The van der Waals surface area contributed by atoms with Gasteiger partial charge in [0.2, 0.25) is 0 Å². The average molecular weight is 689 g/mol. The zero-order chi connectivity index (χ0) is 34.1. The molecule has 272 valence electrons. The van der Waals surface area contributed by atoms with Crippen LogP contribution in [0.4, 0.5) is 0 Å². The number of ether oxygens (including phenoxy) is 4. The van der Waals surface area contributed by atoms with Crippen LogP contribution in [0.25, 0.3) is 0 Å². The highest BCUT2D eigenvalue weighted by Gasteiger charge is 2.52. The molecule has 0 spiro atoms. The monoisotopic (exact) mass is 688 g/mol. The van der Waals surface area contributed by atoms with Crippen LogP contribution in [0.2, 0.25) is 0 Å². The minimum Gasteiger partial charge on any atom is -0.463 e. The number of unbranched alkanes of at least 4 members (excludes halogenated alkanes) is 14. The zero-order valence-corrected chi connectivity index (χ0v) is 27.6. The molecule has 0 aromatic rings. The van der Waals surface area contributed by atoms with E-state index in [0.717, 1.165) is 19.3 Å². The van der Waals surface area contributed by atoms with Gasteiger partial charge >= 0.3 is 16.4 Å². The number of esters is 1. The van der Waals surface area contributed by atoms with Crippen LogP contribution >= 0.6 is 0 Å². The van der Waals surface area contributed by atoms with Crippen LogP contribution < -0.4 is 0 Å². The summed E-state index contributed by atoms with van der Waals surface area (Å²) in [5, 5.41) is 60.9. The summed E-state index contributed by atoms with van der Waals surface area (Å²) in [6.45, 7) is 0.820. The topological polar surface area (TPSA) is 239 Å². The van der Waals surface area contributed by atoms with E-state index in [9.17, 15) is 43.9 Å². The Hall–Kier alpha value is -1.02. The number of carbonyl (C=O) groups is 1. The molecule has 0 unspecified atom stereocenters. The first-order chi connectivity index (χ1) is 21.9. The van der Waals surface area contributed by atoms with E-state index < -0.39 is 91.0 Å². The fraction of sp³-hybridized carbons (Fsp3) is 0.967. The van der Waals surface area contributed by atoms with Crippen LogP contribution in [0.1, 0.15) is 110 Å². The second kappa shape index (κ2) is 21.8. The van der Waals surface area contributed by atoms with E-state index in [1.807, 2.05) is 0 Å². The van der Waals surface area contributed by atoms with Crippen LogP contribution in [0.5, 0.6) is 0 Å². The summed E-state index contributed by atoms with van der Waals surface area (Å²) in [7, 11) is -5.21. The highest BCUT2D eigenvalue weighted by Crippen LogP contribution is 2.31. The largest absolute Gasteiger partial charge is 0.463 e. The van der Waals surface area contributed by atoms with Crippen molar-refractivity contribution in [2.75, 3.05) is 13.2 Å². The van der Waals surface area contributed by atoms with Crippen molar-refractivity contribution in [2.45, 2.75) is 171 Å². The van der Waals surface area contributed by atoms with Gasteiger partial charge in [-0.2, -0.15) is 8.42 Å². The van der Waals surface area contributed by atoms with Gasteiger partial charge in [-0.1, -0.05) is 96.8 Å². The Bertz CT molecular complexity index is 937. The second-order valence-corrected chi connectivity index (χ2v) is 13.3. The lowest BCUT2D eigenvalue weighted by molar-refractivity contribution is -0.353. The van der Waals surface area contributed by atoms with Crippen molar-refractivity contribution in [1.82, 2.24) is 0 Å². The maximum absolute atomic E-state index is 12.3. The molecule has 10 atom stereocenters. The molecule has 2 aliphatic heterocycles. The van der Waals surface area contributed by atoms with Gasteiger partial charge < -0.3 is 49.6 Å². The first-order valence-corrected chi connectivity index (χ1v) is 18.0.